The molecule has 3 nitrogen and oxygen atoms in total. The molecule has 0 atom stereocenters. The Morgan fingerprint density at radius 3 is 1.17 bits per heavy atom. The summed E-state index contributed by atoms with van der Waals surface area (Å²) in [6.07, 6.45) is -7.16. The van der Waals surface area contributed by atoms with E-state index in [2.05, 4.69) is 0 Å². The number of hydrogen-bond acceptors (Lipinski definition) is 3. The summed E-state index contributed by atoms with van der Waals surface area (Å²) in [6.45, 7) is 0. The molecule has 18 heavy (non-hydrogen) atoms. The first kappa shape index (κ1) is 20.8. The van der Waals surface area contributed by atoms with Crippen LogP contribution in [0.25, 0.3) is 0 Å². The predicted octanol–water partition coefficient (Wildman–Crippen LogP) is 1.58. The van der Waals surface area contributed by atoms with Crippen LogP contribution in [0.4, 0.5) is 39.5 Å². The van der Waals surface area contributed by atoms with Gasteiger partial charge in [0.25, 0.3) is 0 Å². The third-order valence-electron chi connectivity index (χ3n) is 1.43. The van der Waals surface area contributed by atoms with Gasteiger partial charge in [-0.1, -0.05) is 0 Å². The van der Waals surface area contributed by atoms with Crippen LogP contribution in [-0.2, 0) is 10.1 Å². The fraction of sp³-hybridized carbons (Fsp3) is 1.00. The molecule has 0 heterocycles. The van der Waals surface area contributed by atoms with Gasteiger partial charge in [-0.3, -0.25) is 0 Å². The summed E-state index contributed by atoms with van der Waals surface area (Å²) in [4.78, 5) is 0. The van der Waals surface area contributed by atoms with E-state index in [1.54, 1.807) is 0 Å². The van der Waals surface area contributed by atoms with E-state index in [-0.39, 0.29) is 37.7 Å². The quantitative estimate of drug-likeness (QED) is 0.446. The first-order chi connectivity index (χ1) is 7.00. The van der Waals surface area contributed by atoms with Gasteiger partial charge in [0.1, 0.15) is 0 Å². The Morgan fingerprint density at radius 1 is 0.722 bits per heavy atom. The summed E-state index contributed by atoms with van der Waals surface area (Å²) in [5.74, 6) is -14.8. The minimum atomic E-state index is -7.43. The SMILES string of the molecule is O=S(=O)([O-])C(F)(F)C(F)(F)C(F)(F)C(F)(F)F.[Ca+2]. The van der Waals surface area contributed by atoms with Gasteiger partial charge in [-0.05, 0) is 0 Å². The number of halogens is 9. The molecular formula is C4CaF9O3S+. The minimum Gasteiger partial charge on any atom is -0.743 e. The van der Waals surface area contributed by atoms with E-state index in [0.29, 0.717) is 0 Å². The molecule has 14 heteroatoms. The molecule has 0 spiro atoms. The fourth-order valence-corrected chi connectivity index (χ4v) is 0.960. The molecule has 0 bridgehead atoms. The standard InChI is InChI=1S/C4HF9O3S.Ca/c5-1(6,3(9,10)11)2(7,8)4(12,13)17(14,15)16;/h(H,14,15,16);/q;+2/p-1. The van der Waals surface area contributed by atoms with Crippen molar-refractivity contribution in [2.75, 3.05) is 0 Å². The number of hydrogen-bond donors (Lipinski definition) is 0. The van der Waals surface area contributed by atoms with Gasteiger partial charge in [0.2, 0.25) is 0 Å². The van der Waals surface area contributed by atoms with E-state index >= 15 is 0 Å². The van der Waals surface area contributed by atoms with Gasteiger partial charge in [0.05, 0.1) is 0 Å². The molecule has 0 aromatic rings. The topological polar surface area (TPSA) is 57.2 Å². The van der Waals surface area contributed by atoms with Crippen molar-refractivity contribution in [3.63, 3.8) is 0 Å². The maximum absolute atomic E-state index is 12.2. The first-order valence-electron chi connectivity index (χ1n) is 3.15. The molecule has 0 rings (SSSR count). The van der Waals surface area contributed by atoms with Crippen molar-refractivity contribution in [3.8, 4) is 0 Å². The summed E-state index contributed by atoms with van der Waals surface area (Å²) >= 11 is 0. The van der Waals surface area contributed by atoms with Crippen molar-refractivity contribution < 1.29 is 52.5 Å². The maximum Gasteiger partial charge on any atom is 2.00 e. The van der Waals surface area contributed by atoms with Crippen molar-refractivity contribution in [3.05, 3.63) is 0 Å². The predicted molar refractivity (Wildman–Crippen MR) is 36.3 cm³/mol. The Morgan fingerprint density at radius 2 is 1.00 bits per heavy atom. The van der Waals surface area contributed by atoms with Crippen LogP contribution in [0.3, 0.4) is 0 Å². The summed E-state index contributed by atoms with van der Waals surface area (Å²) in [6, 6.07) is 0. The summed E-state index contributed by atoms with van der Waals surface area (Å²) in [5.41, 5.74) is 0. The Hall–Kier alpha value is 0.540. The molecular weight excluding hydrogens is 339 g/mol. The molecule has 104 valence electrons. The molecule has 0 aliphatic heterocycles. The average molecular weight is 339 g/mol. The molecule has 0 saturated heterocycles. The third kappa shape index (κ3) is 2.99. The van der Waals surface area contributed by atoms with Gasteiger partial charge in [0, 0.05) is 0 Å². The number of rotatable bonds is 3. The van der Waals surface area contributed by atoms with E-state index < -0.39 is 33.4 Å². The van der Waals surface area contributed by atoms with Gasteiger partial charge in [-0.25, -0.2) is 8.42 Å². The van der Waals surface area contributed by atoms with Crippen molar-refractivity contribution >= 4 is 47.9 Å². The monoisotopic (exact) mass is 339 g/mol. The van der Waals surface area contributed by atoms with Crippen molar-refractivity contribution in [2.24, 2.45) is 0 Å². The van der Waals surface area contributed by atoms with Crippen LogP contribution >= 0.6 is 0 Å². The third-order valence-corrected chi connectivity index (χ3v) is 2.31. The van der Waals surface area contributed by atoms with Crippen molar-refractivity contribution in [1.82, 2.24) is 0 Å². The first-order valence-corrected chi connectivity index (χ1v) is 4.56. The van der Waals surface area contributed by atoms with Crippen molar-refractivity contribution in [1.29, 1.82) is 0 Å². The Bertz CT molecular complexity index is 399. The Labute approximate surface area is 123 Å². The second-order valence-corrected chi connectivity index (χ2v) is 4.04. The van der Waals surface area contributed by atoms with Crippen LogP contribution in [-0.4, -0.2) is 74.0 Å². The fourth-order valence-electron chi connectivity index (χ4n) is 0.518. The van der Waals surface area contributed by atoms with Crippen LogP contribution in [0.5, 0.6) is 0 Å². The molecule has 0 aliphatic rings. The summed E-state index contributed by atoms with van der Waals surface area (Å²) in [7, 11) is -7.42. The summed E-state index contributed by atoms with van der Waals surface area (Å²) < 4.78 is 135. The van der Waals surface area contributed by atoms with E-state index in [4.69, 9.17) is 0 Å². The van der Waals surface area contributed by atoms with E-state index in [9.17, 15) is 52.5 Å². The molecule has 0 aliphatic carbocycles. The zero-order valence-electron chi connectivity index (χ0n) is 7.74. The zero-order chi connectivity index (χ0) is 14.5. The Kier molecular flexibility index (Phi) is 5.96. The Balaban J connectivity index is 0. The largest absolute Gasteiger partial charge is 2.00 e. The van der Waals surface area contributed by atoms with Crippen LogP contribution in [0, 0.1) is 0 Å². The molecule has 0 fully saturated rings. The van der Waals surface area contributed by atoms with Crippen LogP contribution in [0.2, 0.25) is 0 Å². The van der Waals surface area contributed by atoms with Crippen LogP contribution in [0.15, 0.2) is 0 Å². The molecule has 0 N–H and O–H groups in total. The molecule has 0 amide bonds. The van der Waals surface area contributed by atoms with Gasteiger partial charge >= 0.3 is 61.0 Å². The average Bonchev–Trinajstić information content (AvgIpc) is 1.98. The summed E-state index contributed by atoms with van der Waals surface area (Å²) in [5, 5.41) is -7.11. The smallest absolute Gasteiger partial charge is 0.743 e. The molecule has 0 unspecified atom stereocenters. The van der Waals surface area contributed by atoms with E-state index in [0.717, 1.165) is 0 Å². The molecule has 0 saturated carbocycles. The van der Waals surface area contributed by atoms with Crippen LogP contribution in [0.1, 0.15) is 0 Å². The second-order valence-electron chi connectivity index (χ2n) is 2.62. The van der Waals surface area contributed by atoms with Crippen LogP contribution < -0.4 is 0 Å². The second kappa shape index (κ2) is 5.14. The van der Waals surface area contributed by atoms with E-state index in [1.165, 1.54) is 0 Å². The normalized spacial score (nSPS) is 15.2. The van der Waals surface area contributed by atoms with Gasteiger partial charge in [-0.2, -0.15) is 39.5 Å². The van der Waals surface area contributed by atoms with E-state index in [1.807, 2.05) is 0 Å². The minimum absolute atomic E-state index is 0. The van der Waals surface area contributed by atoms with Gasteiger partial charge in [0.15, 0.2) is 10.1 Å². The molecule has 0 aromatic heterocycles. The number of alkyl halides is 9. The van der Waals surface area contributed by atoms with Gasteiger partial charge in [-0.15, -0.1) is 0 Å². The zero-order valence-corrected chi connectivity index (χ0v) is 10.8. The molecule has 0 radical (unpaired) electrons. The maximum atomic E-state index is 12.2. The molecule has 0 aromatic carbocycles. The van der Waals surface area contributed by atoms with Gasteiger partial charge < -0.3 is 4.55 Å². The van der Waals surface area contributed by atoms with Crippen molar-refractivity contribution in [2.45, 2.75) is 23.3 Å².